The van der Waals surface area contributed by atoms with Gasteiger partial charge in [0.15, 0.2) is 0 Å². The maximum atomic E-state index is 11.2. The number of aliphatic hydroxyl groups is 2. The van der Waals surface area contributed by atoms with Gasteiger partial charge in [0.05, 0.1) is 11.7 Å². The Hall–Kier alpha value is -1.12. The lowest BCUT2D eigenvalue weighted by molar-refractivity contribution is -0.0589. The van der Waals surface area contributed by atoms with Crippen molar-refractivity contribution in [1.82, 2.24) is 0 Å². The van der Waals surface area contributed by atoms with E-state index in [2.05, 4.69) is 39.0 Å². The third-order valence-electron chi connectivity index (χ3n) is 11.3. The highest BCUT2D eigenvalue weighted by Gasteiger charge is 2.59. The van der Waals surface area contributed by atoms with Gasteiger partial charge in [-0.25, -0.2) is 0 Å². The van der Waals surface area contributed by atoms with E-state index in [1.54, 1.807) is 5.57 Å². The first-order valence-electron chi connectivity index (χ1n) is 13.8. The summed E-state index contributed by atoms with van der Waals surface area (Å²) in [6.45, 7) is 9.62. The van der Waals surface area contributed by atoms with Gasteiger partial charge in [0, 0.05) is 0 Å². The molecular formula is C31H46O2. The predicted molar refractivity (Wildman–Crippen MR) is 136 cm³/mol. The molecule has 1 aromatic rings. The Bertz CT molecular complexity index is 872. The first kappa shape index (κ1) is 23.6. The van der Waals surface area contributed by atoms with Gasteiger partial charge in [-0.2, -0.15) is 0 Å². The molecule has 0 heterocycles. The maximum absolute atomic E-state index is 11.2. The van der Waals surface area contributed by atoms with Crippen LogP contribution >= 0.6 is 0 Å². The van der Waals surface area contributed by atoms with Crippen LogP contribution in [0.25, 0.3) is 0 Å². The van der Waals surface area contributed by atoms with Crippen LogP contribution in [0.5, 0.6) is 0 Å². The standard InChI is InChI=1S/C31H46O2/c1-21(14-19-31(4,33)22-8-6-5-7-9-22)26-12-13-27-25-11-10-23-20-24(32)15-17-29(23,2)28(25)16-18-30(26,27)3/h5-10,21,24-28,32-33H,11-20H2,1-4H3/t21-,24+,25-,26+,27-,28-,29+,30-,31+/m1/s1. The van der Waals surface area contributed by atoms with Gasteiger partial charge in [0.25, 0.3) is 0 Å². The van der Waals surface area contributed by atoms with E-state index in [9.17, 15) is 10.2 Å². The molecule has 0 aromatic heterocycles. The molecule has 9 atom stereocenters. The maximum Gasteiger partial charge on any atom is 0.0868 e. The molecule has 3 saturated carbocycles. The van der Waals surface area contributed by atoms with E-state index >= 15 is 0 Å². The third-order valence-corrected chi connectivity index (χ3v) is 11.3. The SMILES string of the molecule is C[C@H](CC[C@](C)(O)c1ccccc1)[C@@H]1CC[C@@H]2[C@H]3CC=C4C[C@@H](O)CC[C@]4(C)[C@@H]3CC[C@@]21C. The third kappa shape index (κ3) is 3.94. The zero-order chi connectivity index (χ0) is 23.4. The molecule has 3 fully saturated rings. The van der Waals surface area contributed by atoms with E-state index < -0.39 is 5.60 Å². The van der Waals surface area contributed by atoms with Gasteiger partial charge in [-0.3, -0.25) is 0 Å². The molecule has 0 radical (unpaired) electrons. The Morgan fingerprint density at radius 2 is 1.79 bits per heavy atom. The van der Waals surface area contributed by atoms with Crippen LogP contribution in [0.2, 0.25) is 0 Å². The molecular weight excluding hydrogens is 404 g/mol. The van der Waals surface area contributed by atoms with Crippen molar-refractivity contribution in [1.29, 1.82) is 0 Å². The summed E-state index contributed by atoms with van der Waals surface area (Å²) in [5, 5.41) is 21.4. The van der Waals surface area contributed by atoms with Crippen molar-refractivity contribution in [3.8, 4) is 0 Å². The molecule has 4 aliphatic carbocycles. The number of allylic oxidation sites excluding steroid dienone is 1. The lowest BCUT2D eigenvalue weighted by Crippen LogP contribution is -2.50. The zero-order valence-corrected chi connectivity index (χ0v) is 21.4. The van der Waals surface area contributed by atoms with Crippen LogP contribution in [0.1, 0.15) is 97.5 Å². The molecule has 0 aliphatic heterocycles. The number of rotatable bonds is 5. The molecule has 0 spiro atoms. The van der Waals surface area contributed by atoms with Crippen molar-refractivity contribution in [3.63, 3.8) is 0 Å². The van der Waals surface area contributed by atoms with Crippen LogP contribution < -0.4 is 0 Å². The summed E-state index contributed by atoms with van der Waals surface area (Å²) < 4.78 is 0. The molecule has 2 heteroatoms. The lowest BCUT2D eigenvalue weighted by atomic mass is 9.47. The van der Waals surface area contributed by atoms with Gasteiger partial charge in [-0.1, -0.05) is 62.8 Å². The number of benzene rings is 1. The van der Waals surface area contributed by atoms with Gasteiger partial charge in [-0.15, -0.1) is 0 Å². The van der Waals surface area contributed by atoms with Crippen LogP contribution in [0, 0.1) is 40.4 Å². The van der Waals surface area contributed by atoms with Crippen molar-refractivity contribution in [3.05, 3.63) is 47.5 Å². The summed E-state index contributed by atoms with van der Waals surface area (Å²) in [7, 11) is 0. The summed E-state index contributed by atoms with van der Waals surface area (Å²) in [6.07, 6.45) is 14.2. The number of hydrogen-bond acceptors (Lipinski definition) is 2. The summed E-state index contributed by atoms with van der Waals surface area (Å²) in [6, 6.07) is 10.2. The van der Waals surface area contributed by atoms with Crippen molar-refractivity contribution in [2.24, 2.45) is 40.4 Å². The van der Waals surface area contributed by atoms with E-state index in [1.165, 1.54) is 38.5 Å². The fourth-order valence-corrected chi connectivity index (χ4v) is 9.27. The number of aliphatic hydroxyl groups excluding tert-OH is 1. The van der Waals surface area contributed by atoms with E-state index in [-0.39, 0.29) is 6.10 Å². The van der Waals surface area contributed by atoms with Gasteiger partial charge in [-0.05, 0) is 117 Å². The Labute approximate surface area is 201 Å². The van der Waals surface area contributed by atoms with Crippen LogP contribution in [0.3, 0.4) is 0 Å². The van der Waals surface area contributed by atoms with Crippen molar-refractivity contribution >= 4 is 0 Å². The second kappa shape index (κ2) is 8.52. The molecule has 0 saturated heterocycles. The molecule has 5 rings (SSSR count). The summed E-state index contributed by atoms with van der Waals surface area (Å²) in [5.41, 5.74) is 2.67. The Balaban J connectivity index is 1.29. The Morgan fingerprint density at radius 1 is 1.03 bits per heavy atom. The largest absolute Gasteiger partial charge is 0.393 e. The second-order valence-electron chi connectivity index (χ2n) is 13.0. The van der Waals surface area contributed by atoms with Crippen LogP contribution in [0.15, 0.2) is 42.0 Å². The second-order valence-corrected chi connectivity index (χ2v) is 13.0. The molecule has 2 N–H and O–H groups in total. The van der Waals surface area contributed by atoms with E-state index in [0.29, 0.717) is 16.7 Å². The molecule has 1 aromatic carbocycles. The van der Waals surface area contributed by atoms with Crippen LogP contribution in [0.4, 0.5) is 0 Å². The molecule has 4 aliphatic rings. The van der Waals surface area contributed by atoms with E-state index in [4.69, 9.17) is 0 Å². The topological polar surface area (TPSA) is 40.5 Å². The number of hydrogen-bond donors (Lipinski definition) is 2. The fourth-order valence-electron chi connectivity index (χ4n) is 9.27. The number of fused-ring (bicyclic) bond motifs is 5. The van der Waals surface area contributed by atoms with Crippen molar-refractivity contribution in [2.45, 2.75) is 104 Å². The molecule has 0 unspecified atom stereocenters. The summed E-state index contributed by atoms with van der Waals surface area (Å²) >= 11 is 0. The van der Waals surface area contributed by atoms with Gasteiger partial charge in [0.1, 0.15) is 0 Å². The highest BCUT2D eigenvalue weighted by Crippen LogP contribution is 2.67. The van der Waals surface area contributed by atoms with E-state index in [0.717, 1.165) is 54.9 Å². The normalized spacial score (nSPS) is 43.0. The van der Waals surface area contributed by atoms with Crippen molar-refractivity contribution < 1.29 is 10.2 Å². The van der Waals surface area contributed by atoms with Crippen molar-refractivity contribution in [2.75, 3.05) is 0 Å². The minimum Gasteiger partial charge on any atom is -0.393 e. The molecule has 33 heavy (non-hydrogen) atoms. The molecule has 182 valence electrons. The van der Waals surface area contributed by atoms with E-state index in [1.807, 2.05) is 25.1 Å². The quantitative estimate of drug-likeness (QED) is 0.464. The monoisotopic (exact) mass is 450 g/mol. The minimum absolute atomic E-state index is 0.112. The van der Waals surface area contributed by atoms with Crippen LogP contribution in [-0.2, 0) is 5.60 Å². The fraction of sp³-hybridized carbons (Fsp3) is 0.742. The van der Waals surface area contributed by atoms with Gasteiger partial charge >= 0.3 is 0 Å². The van der Waals surface area contributed by atoms with Crippen LogP contribution in [-0.4, -0.2) is 16.3 Å². The predicted octanol–water partition coefficient (Wildman–Crippen LogP) is 7.25. The first-order valence-corrected chi connectivity index (χ1v) is 13.8. The Morgan fingerprint density at radius 3 is 2.55 bits per heavy atom. The minimum atomic E-state index is -0.739. The van der Waals surface area contributed by atoms with Gasteiger partial charge < -0.3 is 10.2 Å². The molecule has 0 bridgehead atoms. The average Bonchev–Trinajstić information content (AvgIpc) is 3.16. The Kier molecular flexibility index (Phi) is 6.10. The molecule has 0 amide bonds. The smallest absolute Gasteiger partial charge is 0.0868 e. The highest BCUT2D eigenvalue weighted by molar-refractivity contribution is 5.25. The molecule has 2 nitrogen and oxygen atoms in total. The first-order chi connectivity index (χ1) is 15.6. The average molecular weight is 451 g/mol. The zero-order valence-electron chi connectivity index (χ0n) is 21.4. The highest BCUT2D eigenvalue weighted by atomic mass is 16.3. The summed E-state index contributed by atoms with van der Waals surface area (Å²) in [5.74, 6) is 3.93. The summed E-state index contributed by atoms with van der Waals surface area (Å²) in [4.78, 5) is 0. The lowest BCUT2D eigenvalue weighted by Gasteiger charge is -2.58. The van der Waals surface area contributed by atoms with Gasteiger partial charge in [0.2, 0.25) is 0 Å².